The zero-order valence-electron chi connectivity index (χ0n) is 10.2. The van der Waals surface area contributed by atoms with E-state index in [0.717, 1.165) is 5.92 Å². The van der Waals surface area contributed by atoms with Gasteiger partial charge in [-0.2, -0.15) is 0 Å². The third kappa shape index (κ3) is 2.09. The van der Waals surface area contributed by atoms with Crippen LogP contribution in [0.1, 0.15) is 49.3 Å². The van der Waals surface area contributed by atoms with Crippen LogP contribution in [-0.2, 0) is 6.54 Å². The lowest BCUT2D eigenvalue weighted by Crippen LogP contribution is -2.04. The van der Waals surface area contributed by atoms with Gasteiger partial charge in [-0.25, -0.2) is 0 Å². The van der Waals surface area contributed by atoms with Gasteiger partial charge in [0.1, 0.15) is 0 Å². The number of hydrogen-bond donors (Lipinski definition) is 2. The van der Waals surface area contributed by atoms with E-state index in [1.54, 1.807) is 0 Å². The van der Waals surface area contributed by atoms with E-state index in [0.29, 0.717) is 6.54 Å². The highest BCUT2D eigenvalue weighted by Gasteiger charge is 2.17. The van der Waals surface area contributed by atoms with Crippen molar-refractivity contribution in [3.05, 3.63) is 35.5 Å². The van der Waals surface area contributed by atoms with Crippen molar-refractivity contribution in [2.45, 2.75) is 44.6 Å². The molecule has 1 aromatic carbocycles. The molecule has 0 amide bonds. The van der Waals surface area contributed by atoms with Crippen LogP contribution in [-0.4, -0.2) is 4.98 Å². The number of rotatable bonds is 2. The molecule has 3 N–H and O–H groups in total. The average Bonchev–Trinajstić information content (AvgIpc) is 2.82. The Labute approximate surface area is 102 Å². The number of fused-ring (bicyclic) bond motifs is 1. The topological polar surface area (TPSA) is 41.8 Å². The minimum Gasteiger partial charge on any atom is -0.358 e. The molecule has 0 radical (unpaired) electrons. The van der Waals surface area contributed by atoms with E-state index in [-0.39, 0.29) is 0 Å². The maximum absolute atomic E-state index is 5.68. The molecule has 1 heterocycles. The molecule has 0 spiro atoms. The molecular formula is C15H20N2. The van der Waals surface area contributed by atoms with Gasteiger partial charge in [0.15, 0.2) is 0 Å². The number of aromatic amines is 1. The first-order chi connectivity index (χ1) is 8.36. The molecule has 1 aliphatic rings. The van der Waals surface area contributed by atoms with E-state index < -0.39 is 0 Å². The average molecular weight is 228 g/mol. The number of hydrogen-bond acceptors (Lipinski definition) is 1. The van der Waals surface area contributed by atoms with Gasteiger partial charge >= 0.3 is 0 Å². The van der Waals surface area contributed by atoms with Gasteiger partial charge in [0, 0.05) is 17.8 Å². The molecule has 2 nitrogen and oxygen atoms in total. The second-order valence-corrected chi connectivity index (χ2v) is 5.19. The first-order valence-electron chi connectivity index (χ1n) is 6.68. The highest BCUT2D eigenvalue weighted by Crippen LogP contribution is 2.33. The summed E-state index contributed by atoms with van der Waals surface area (Å²) in [5.74, 6) is 0.748. The Morgan fingerprint density at radius 1 is 1.12 bits per heavy atom. The molecule has 0 saturated heterocycles. The predicted molar refractivity (Wildman–Crippen MR) is 72.0 cm³/mol. The van der Waals surface area contributed by atoms with Gasteiger partial charge in [-0.05, 0) is 47.9 Å². The monoisotopic (exact) mass is 228 g/mol. The fourth-order valence-electron chi connectivity index (χ4n) is 2.97. The summed E-state index contributed by atoms with van der Waals surface area (Å²) in [7, 11) is 0. The van der Waals surface area contributed by atoms with Crippen LogP contribution in [0.4, 0.5) is 0 Å². The molecule has 2 aromatic rings. The molecular weight excluding hydrogens is 208 g/mol. The Balaban J connectivity index is 1.95. The van der Waals surface area contributed by atoms with Crippen LogP contribution in [0.3, 0.4) is 0 Å². The maximum Gasteiger partial charge on any atom is 0.0456 e. The Bertz CT molecular complexity index is 507. The van der Waals surface area contributed by atoms with Crippen LogP contribution in [0.2, 0.25) is 0 Å². The van der Waals surface area contributed by atoms with Gasteiger partial charge in [0.2, 0.25) is 0 Å². The van der Waals surface area contributed by atoms with Crippen LogP contribution < -0.4 is 5.73 Å². The predicted octanol–water partition coefficient (Wildman–Crippen LogP) is 3.67. The summed E-state index contributed by atoms with van der Waals surface area (Å²) in [5.41, 5.74) is 9.57. The van der Waals surface area contributed by atoms with Crippen molar-refractivity contribution in [2.24, 2.45) is 5.73 Å². The van der Waals surface area contributed by atoms with Crippen molar-refractivity contribution in [1.82, 2.24) is 4.98 Å². The minimum atomic E-state index is 0.625. The van der Waals surface area contributed by atoms with Gasteiger partial charge in [-0.15, -0.1) is 0 Å². The molecule has 0 aliphatic heterocycles. The molecule has 1 aromatic heterocycles. The van der Waals surface area contributed by atoms with Crippen LogP contribution in [0.15, 0.2) is 24.3 Å². The standard InChI is InChI=1S/C15H20N2/c16-10-11-6-7-14-13(8-11)9-15(17-14)12-4-2-1-3-5-12/h6-9,12,17H,1-5,10,16H2. The summed E-state index contributed by atoms with van der Waals surface area (Å²) in [6, 6.07) is 8.80. The van der Waals surface area contributed by atoms with Gasteiger partial charge in [-0.1, -0.05) is 25.3 Å². The highest BCUT2D eigenvalue weighted by molar-refractivity contribution is 5.81. The highest BCUT2D eigenvalue weighted by atomic mass is 14.7. The van der Waals surface area contributed by atoms with Crippen molar-refractivity contribution < 1.29 is 0 Å². The number of H-pyrrole nitrogens is 1. The van der Waals surface area contributed by atoms with Gasteiger partial charge in [-0.3, -0.25) is 0 Å². The summed E-state index contributed by atoms with van der Waals surface area (Å²) in [4.78, 5) is 3.58. The lowest BCUT2D eigenvalue weighted by molar-refractivity contribution is 0.438. The molecule has 1 fully saturated rings. The summed E-state index contributed by atoms with van der Waals surface area (Å²) >= 11 is 0. The van der Waals surface area contributed by atoms with Crippen LogP contribution in [0.25, 0.3) is 10.9 Å². The lowest BCUT2D eigenvalue weighted by atomic mass is 9.87. The normalized spacial score (nSPS) is 17.7. The summed E-state index contributed by atoms with van der Waals surface area (Å²) in [6.45, 7) is 0.625. The van der Waals surface area contributed by atoms with Crippen LogP contribution >= 0.6 is 0 Å². The van der Waals surface area contributed by atoms with Crippen molar-refractivity contribution >= 4 is 10.9 Å². The summed E-state index contributed by atoms with van der Waals surface area (Å²) in [5, 5.41) is 1.31. The van der Waals surface area contributed by atoms with E-state index in [1.807, 2.05) is 0 Å². The smallest absolute Gasteiger partial charge is 0.0456 e. The zero-order valence-corrected chi connectivity index (χ0v) is 10.2. The van der Waals surface area contributed by atoms with Crippen LogP contribution in [0.5, 0.6) is 0 Å². The Hall–Kier alpha value is -1.28. The molecule has 17 heavy (non-hydrogen) atoms. The quantitative estimate of drug-likeness (QED) is 0.809. The second kappa shape index (κ2) is 4.53. The van der Waals surface area contributed by atoms with Gasteiger partial charge in [0.05, 0.1) is 0 Å². The van der Waals surface area contributed by atoms with Crippen LogP contribution in [0, 0.1) is 0 Å². The van der Waals surface area contributed by atoms with Crippen molar-refractivity contribution in [3.8, 4) is 0 Å². The second-order valence-electron chi connectivity index (χ2n) is 5.19. The third-order valence-electron chi connectivity index (χ3n) is 3.99. The molecule has 90 valence electrons. The van der Waals surface area contributed by atoms with Crippen molar-refractivity contribution in [3.63, 3.8) is 0 Å². The summed E-state index contributed by atoms with van der Waals surface area (Å²) < 4.78 is 0. The SMILES string of the molecule is NCc1ccc2[nH]c(C3CCCCC3)cc2c1. The Kier molecular flexibility index (Phi) is 2.89. The molecule has 0 unspecified atom stereocenters. The summed E-state index contributed by atoms with van der Waals surface area (Å²) in [6.07, 6.45) is 6.86. The minimum absolute atomic E-state index is 0.625. The first kappa shape index (κ1) is 10.8. The van der Waals surface area contributed by atoms with Crippen molar-refractivity contribution in [2.75, 3.05) is 0 Å². The number of benzene rings is 1. The molecule has 1 aliphatic carbocycles. The Morgan fingerprint density at radius 2 is 1.94 bits per heavy atom. The molecule has 0 atom stereocenters. The van der Waals surface area contributed by atoms with E-state index in [9.17, 15) is 0 Å². The largest absolute Gasteiger partial charge is 0.358 e. The third-order valence-corrected chi connectivity index (χ3v) is 3.99. The van der Waals surface area contributed by atoms with E-state index >= 15 is 0 Å². The van der Waals surface area contributed by atoms with E-state index in [1.165, 1.54) is 54.3 Å². The number of aromatic nitrogens is 1. The number of nitrogens with one attached hydrogen (secondary N) is 1. The molecule has 1 saturated carbocycles. The van der Waals surface area contributed by atoms with Gasteiger partial charge in [0.25, 0.3) is 0 Å². The maximum atomic E-state index is 5.68. The van der Waals surface area contributed by atoms with E-state index in [4.69, 9.17) is 5.73 Å². The molecule has 0 bridgehead atoms. The molecule has 3 rings (SSSR count). The first-order valence-corrected chi connectivity index (χ1v) is 6.68. The fourth-order valence-corrected chi connectivity index (χ4v) is 2.97. The lowest BCUT2D eigenvalue weighted by Gasteiger charge is -2.20. The number of nitrogens with two attached hydrogens (primary N) is 1. The fraction of sp³-hybridized carbons (Fsp3) is 0.467. The van der Waals surface area contributed by atoms with Gasteiger partial charge < -0.3 is 10.7 Å². The Morgan fingerprint density at radius 3 is 2.71 bits per heavy atom. The van der Waals surface area contributed by atoms with Crippen molar-refractivity contribution in [1.29, 1.82) is 0 Å². The van der Waals surface area contributed by atoms with E-state index in [2.05, 4.69) is 29.2 Å². The zero-order chi connectivity index (χ0) is 11.7. The molecule has 2 heteroatoms.